The maximum Gasteiger partial charge on any atom is 0.137 e. The summed E-state index contributed by atoms with van der Waals surface area (Å²) in [6.45, 7) is 0. The van der Waals surface area contributed by atoms with Gasteiger partial charge in [-0.3, -0.25) is 4.98 Å². The minimum atomic E-state index is 0.675. The lowest BCUT2D eigenvalue weighted by atomic mass is 10.1. The van der Waals surface area contributed by atoms with Crippen molar-refractivity contribution >= 4 is 5.69 Å². The lowest BCUT2D eigenvalue weighted by Crippen LogP contribution is -1.91. The van der Waals surface area contributed by atoms with Crippen LogP contribution < -0.4 is 10.5 Å². The number of hydrogen-bond acceptors (Lipinski definition) is 3. The van der Waals surface area contributed by atoms with Crippen LogP contribution in [0.25, 0.3) is 11.1 Å². The van der Waals surface area contributed by atoms with Crippen molar-refractivity contribution in [2.24, 2.45) is 0 Å². The molecule has 98 valence electrons. The van der Waals surface area contributed by atoms with E-state index in [0.717, 1.165) is 22.6 Å². The number of rotatable bonds is 3. The number of para-hydroxylation sites is 1. The summed E-state index contributed by atoms with van der Waals surface area (Å²) in [5, 5.41) is 0. The molecule has 0 saturated carbocycles. The summed E-state index contributed by atoms with van der Waals surface area (Å²) in [7, 11) is 0. The first-order valence-electron chi connectivity index (χ1n) is 6.36. The molecular formula is C17H14N2O. The zero-order valence-corrected chi connectivity index (χ0v) is 10.9. The maximum absolute atomic E-state index is 5.94. The van der Waals surface area contributed by atoms with E-state index in [4.69, 9.17) is 10.5 Å². The summed E-state index contributed by atoms with van der Waals surface area (Å²) in [4.78, 5) is 4.04. The Balaban J connectivity index is 2.03. The number of pyridine rings is 1. The number of aromatic nitrogens is 1. The molecule has 3 heteroatoms. The van der Waals surface area contributed by atoms with Gasteiger partial charge in [-0.15, -0.1) is 0 Å². The van der Waals surface area contributed by atoms with Crippen LogP contribution in [0.15, 0.2) is 73.1 Å². The van der Waals surface area contributed by atoms with Gasteiger partial charge in [0.1, 0.15) is 11.5 Å². The second kappa shape index (κ2) is 5.45. The topological polar surface area (TPSA) is 48.1 Å². The van der Waals surface area contributed by atoms with Gasteiger partial charge >= 0.3 is 0 Å². The van der Waals surface area contributed by atoms with Crippen molar-refractivity contribution in [1.82, 2.24) is 4.98 Å². The van der Waals surface area contributed by atoms with Crippen molar-refractivity contribution in [3.05, 3.63) is 73.1 Å². The van der Waals surface area contributed by atoms with Crippen molar-refractivity contribution in [2.45, 2.75) is 0 Å². The van der Waals surface area contributed by atoms with E-state index < -0.39 is 0 Å². The largest absolute Gasteiger partial charge is 0.457 e. The number of benzene rings is 2. The molecule has 20 heavy (non-hydrogen) atoms. The van der Waals surface area contributed by atoms with Crippen LogP contribution >= 0.6 is 0 Å². The Morgan fingerprint density at radius 1 is 0.850 bits per heavy atom. The first-order valence-corrected chi connectivity index (χ1v) is 6.36. The molecule has 0 aliphatic carbocycles. The van der Waals surface area contributed by atoms with Crippen molar-refractivity contribution in [1.29, 1.82) is 0 Å². The van der Waals surface area contributed by atoms with Gasteiger partial charge in [0, 0.05) is 29.7 Å². The van der Waals surface area contributed by atoms with Crippen LogP contribution in [-0.2, 0) is 0 Å². The summed E-state index contributed by atoms with van der Waals surface area (Å²) in [6.07, 6.45) is 3.52. The number of ether oxygens (including phenoxy) is 1. The van der Waals surface area contributed by atoms with E-state index in [-0.39, 0.29) is 0 Å². The molecule has 0 radical (unpaired) electrons. The Hall–Kier alpha value is -2.81. The molecule has 1 heterocycles. The normalized spacial score (nSPS) is 10.2. The van der Waals surface area contributed by atoms with Crippen molar-refractivity contribution in [3.63, 3.8) is 0 Å². The highest BCUT2D eigenvalue weighted by atomic mass is 16.5. The highest BCUT2D eigenvalue weighted by Gasteiger charge is 2.08. The molecule has 2 N–H and O–H groups in total. The summed E-state index contributed by atoms with van der Waals surface area (Å²) in [6, 6.07) is 19.2. The summed E-state index contributed by atoms with van der Waals surface area (Å²) in [5.74, 6) is 1.52. The first kappa shape index (κ1) is 12.2. The molecule has 0 saturated heterocycles. The molecule has 0 amide bonds. The number of nitrogens with two attached hydrogens (primary N) is 1. The lowest BCUT2D eigenvalue weighted by molar-refractivity contribution is 0.485. The second-order valence-electron chi connectivity index (χ2n) is 4.41. The van der Waals surface area contributed by atoms with Crippen LogP contribution in [0, 0.1) is 0 Å². The zero-order chi connectivity index (χ0) is 13.8. The Labute approximate surface area is 117 Å². The average molecular weight is 262 g/mol. The number of anilines is 1. The van der Waals surface area contributed by atoms with E-state index in [2.05, 4.69) is 4.98 Å². The SMILES string of the molecule is Nc1ccc(-c2ccncc2)c(Oc2ccccc2)c1. The zero-order valence-electron chi connectivity index (χ0n) is 10.9. The van der Waals surface area contributed by atoms with Crippen molar-refractivity contribution in [3.8, 4) is 22.6 Å². The van der Waals surface area contributed by atoms with E-state index in [1.54, 1.807) is 12.4 Å². The predicted octanol–water partition coefficient (Wildman–Crippen LogP) is 4.12. The first-order chi connectivity index (χ1) is 9.83. The van der Waals surface area contributed by atoms with Crippen LogP contribution in [-0.4, -0.2) is 4.98 Å². The van der Waals surface area contributed by atoms with E-state index in [0.29, 0.717) is 5.69 Å². The molecule has 3 nitrogen and oxygen atoms in total. The molecule has 3 aromatic rings. The van der Waals surface area contributed by atoms with Crippen LogP contribution in [0.1, 0.15) is 0 Å². The molecule has 0 unspecified atom stereocenters. The van der Waals surface area contributed by atoms with Crippen LogP contribution in [0.5, 0.6) is 11.5 Å². The van der Waals surface area contributed by atoms with E-state index in [1.165, 1.54) is 0 Å². The fourth-order valence-corrected chi connectivity index (χ4v) is 2.01. The summed E-state index contributed by atoms with van der Waals surface area (Å²) in [5.41, 5.74) is 8.58. The average Bonchev–Trinajstić information content (AvgIpc) is 2.49. The Bertz CT molecular complexity index is 697. The highest BCUT2D eigenvalue weighted by molar-refractivity contribution is 5.73. The third kappa shape index (κ3) is 2.62. The van der Waals surface area contributed by atoms with Gasteiger partial charge in [0.05, 0.1) is 0 Å². The third-order valence-electron chi connectivity index (χ3n) is 2.97. The van der Waals surface area contributed by atoms with Crippen LogP contribution in [0.3, 0.4) is 0 Å². The summed E-state index contributed by atoms with van der Waals surface area (Å²) < 4.78 is 5.94. The second-order valence-corrected chi connectivity index (χ2v) is 4.41. The smallest absolute Gasteiger partial charge is 0.137 e. The van der Waals surface area contributed by atoms with Gasteiger partial charge in [0.2, 0.25) is 0 Å². The molecule has 1 aromatic heterocycles. The lowest BCUT2D eigenvalue weighted by Gasteiger charge is -2.12. The molecule has 0 bridgehead atoms. The molecule has 0 fully saturated rings. The molecule has 0 spiro atoms. The number of nitrogens with zero attached hydrogens (tertiary/aromatic N) is 1. The standard InChI is InChI=1S/C17H14N2O/c18-14-6-7-16(13-8-10-19-11-9-13)17(12-14)20-15-4-2-1-3-5-15/h1-12H,18H2. The quantitative estimate of drug-likeness (QED) is 0.722. The van der Waals surface area contributed by atoms with Crippen molar-refractivity contribution < 1.29 is 4.74 Å². The van der Waals surface area contributed by atoms with Crippen molar-refractivity contribution in [2.75, 3.05) is 5.73 Å². The van der Waals surface area contributed by atoms with E-state index >= 15 is 0 Å². The van der Waals surface area contributed by atoms with Gasteiger partial charge in [0.15, 0.2) is 0 Å². The molecule has 0 aliphatic heterocycles. The highest BCUT2D eigenvalue weighted by Crippen LogP contribution is 2.34. The fourth-order valence-electron chi connectivity index (χ4n) is 2.01. The summed E-state index contributed by atoms with van der Waals surface area (Å²) >= 11 is 0. The van der Waals surface area contributed by atoms with Gasteiger partial charge in [-0.2, -0.15) is 0 Å². The number of nitrogen functional groups attached to an aromatic ring is 1. The minimum absolute atomic E-state index is 0.675. The predicted molar refractivity (Wildman–Crippen MR) is 80.6 cm³/mol. The molecule has 3 rings (SSSR count). The molecular weight excluding hydrogens is 248 g/mol. The van der Waals surface area contributed by atoms with E-state index in [9.17, 15) is 0 Å². The van der Waals surface area contributed by atoms with Gasteiger partial charge in [0.25, 0.3) is 0 Å². The number of hydrogen-bond donors (Lipinski definition) is 1. The Morgan fingerprint density at radius 3 is 2.35 bits per heavy atom. The van der Waals surface area contributed by atoms with Gasteiger partial charge in [-0.25, -0.2) is 0 Å². The molecule has 0 atom stereocenters. The Kier molecular flexibility index (Phi) is 3.33. The fraction of sp³-hybridized carbons (Fsp3) is 0. The Morgan fingerprint density at radius 2 is 1.60 bits per heavy atom. The molecule has 0 aliphatic rings. The van der Waals surface area contributed by atoms with Gasteiger partial charge in [-0.05, 0) is 42.0 Å². The van der Waals surface area contributed by atoms with Gasteiger partial charge < -0.3 is 10.5 Å². The monoisotopic (exact) mass is 262 g/mol. The maximum atomic E-state index is 5.94. The van der Waals surface area contributed by atoms with E-state index in [1.807, 2.05) is 60.7 Å². The third-order valence-corrected chi connectivity index (χ3v) is 2.97. The van der Waals surface area contributed by atoms with Crippen LogP contribution in [0.2, 0.25) is 0 Å². The molecule has 2 aromatic carbocycles. The van der Waals surface area contributed by atoms with Crippen LogP contribution in [0.4, 0.5) is 5.69 Å². The minimum Gasteiger partial charge on any atom is -0.457 e. The van der Waals surface area contributed by atoms with Gasteiger partial charge in [-0.1, -0.05) is 18.2 Å².